The Morgan fingerprint density at radius 2 is 1.71 bits per heavy atom. The van der Waals surface area contributed by atoms with Gasteiger partial charge in [0.2, 0.25) is 0 Å². The Morgan fingerprint density at radius 3 is 2.10 bits per heavy atom. The molecule has 21 heavy (non-hydrogen) atoms. The molecule has 0 amide bonds. The van der Waals surface area contributed by atoms with Crippen LogP contribution in [0.1, 0.15) is 52.2 Å². The van der Waals surface area contributed by atoms with Crippen LogP contribution < -0.4 is 0 Å². The highest BCUT2D eigenvalue weighted by Crippen LogP contribution is 2.23. The van der Waals surface area contributed by atoms with Crippen molar-refractivity contribution in [3.63, 3.8) is 0 Å². The molecule has 3 nitrogen and oxygen atoms in total. The summed E-state index contributed by atoms with van der Waals surface area (Å²) >= 11 is 0. The van der Waals surface area contributed by atoms with Gasteiger partial charge in [-0.2, -0.15) is 0 Å². The van der Waals surface area contributed by atoms with E-state index >= 15 is 0 Å². The lowest BCUT2D eigenvalue weighted by Gasteiger charge is -2.26. The molecular weight excluding hydrogens is 262 g/mol. The molecule has 3 heteroatoms. The van der Waals surface area contributed by atoms with Crippen LogP contribution in [0.15, 0.2) is 24.3 Å². The molecular formula is C18H29NO2. The third kappa shape index (κ3) is 5.50. The minimum atomic E-state index is -0.738. The summed E-state index contributed by atoms with van der Waals surface area (Å²) in [4.78, 5) is 13.3. The molecule has 1 atom stereocenters. The second kappa shape index (κ2) is 7.08. The number of benzene rings is 1. The van der Waals surface area contributed by atoms with Crippen molar-refractivity contribution >= 4 is 5.97 Å². The molecule has 1 aromatic rings. The zero-order valence-electron chi connectivity index (χ0n) is 14.2. The van der Waals surface area contributed by atoms with Gasteiger partial charge >= 0.3 is 5.97 Å². The van der Waals surface area contributed by atoms with Crippen molar-refractivity contribution in [2.45, 2.75) is 59.0 Å². The molecule has 0 saturated heterocycles. The molecule has 0 aliphatic heterocycles. The Kier molecular flexibility index (Phi) is 5.97. The van der Waals surface area contributed by atoms with Crippen LogP contribution in [-0.2, 0) is 16.8 Å². The summed E-state index contributed by atoms with van der Waals surface area (Å²) < 4.78 is 0. The fourth-order valence-electron chi connectivity index (χ4n) is 2.42. The Balaban J connectivity index is 2.77. The number of likely N-dealkylation sites (N-methyl/N-ethyl adjacent to an activating group) is 1. The van der Waals surface area contributed by atoms with E-state index in [-0.39, 0.29) is 5.41 Å². The van der Waals surface area contributed by atoms with Crippen LogP contribution in [0.5, 0.6) is 0 Å². The van der Waals surface area contributed by atoms with Gasteiger partial charge in [0.05, 0.1) is 0 Å². The molecule has 1 rings (SSSR count). The summed E-state index contributed by atoms with van der Waals surface area (Å²) in [5.41, 5.74) is 2.59. The number of carboxylic acids is 1. The average molecular weight is 291 g/mol. The largest absolute Gasteiger partial charge is 0.480 e. The summed E-state index contributed by atoms with van der Waals surface area (Å²) in [7, 11) is 1.89. The number of aliphatic carboxylic acids is 1. The van der Waals surface area contributed by atoms with Crippen LogP contribution in [-0.4, -0.2) is 29.1 Å². The first-order valence-electron chi connectivity index (χ1n) is 7.63. The molecule has 0 aromatic heterocycles. The highest BCUT2D eigenvalue weighted by molar-refractivity contribution is 5.73. The molecule has 0 aliphatic carbocycles. The van der Waals surface area contributed by atoms with Crippen molar-refractivity contribution in [3.05, 3.63) is 35.4 Å². The minimum absolute atomic E-state index is 0.145. The number of carbonyl (C=O) groups is 1. The van der Waals surface area contributed by atoms with Gasteiger partial charge in [-0.25, -0.2) is 0 Å². The number of hydrogen-bond acceptors (Lipinski definition) is 2. The van der Waals surface area contributed by atoms with Gasteiger partial charge in [-0.15, -0.1) is 0 Å². The topological polar surface area (TPSA) is 40.5 Å². The first kappa shape index (κ1) is 17.7. The standard InChI is InChI=1S/C18H29NO2/c1-13(2)11-16(17(20)21)19(6)12-14-7-9-15(10-8-14)18(3,4)5/h7-10,13,16H,11-12H2,1-6H3,(H,20,21)/t16-/m0/s1. The summed E-state index contributed by atoms with van der Waals surface area (Å²) in [5, 5.41) is 9.38. The lowest BCUT2D eigenvalue weighted by atomic mass is 9.86. The smallest absolute Gasteiger partial charge is 0.320 e. The van der Waals surface area contributed by atoms with Gasteiger partial charge in [0.15, 0.2) is 0 Å². The second-order valence-electron chi connectivity index (χ2n) is 7.35. The van der Waals surface area contributed by atoms with Gasteiger partial charge in [-0.05, 0) is 35.9 Å². The molecule has 0 fully saturated rings. The third-order valence-corrected chi connectivity index (χ3v) is 3.76. The van der Waals surface area contributed by atoms with Gasteiger partial charge in [-0.3, -0.25) is 9.69 Å². The highest BCUT2D eigenvalue weighted by atomic mass is 16.4. The van der Waals surface area contributed by atoms with Crippen molar-refractivity contribution in [1.29, 1.82) is 0 Å². The lowest BCUT2D eigenvalue weighted by Crippen LogP contribution is -2.39. The van der Waals surface area contributed by atoms with E-state index in [1.807, 2.05) is 11.9 Å². The molecule has 0 bridgehead atoms. The predicted molar refractivity (Wildman–Crippen MR) is 87.5 cm³/mol. The fourth-order valence-corrected chi connectivity index (χ4v) is 2.42. The van der Waals surface area contributed by atoms with E-state index in [1.54, 1.807) is 0 Å². The van der Waals surface area contributed by atoms with Crippen LogP contribution >= 0.6 is 0 Å². The number of carboxylic acid groups (broad SMARTS) is 1. The quantitative estimate of drug-likeness (QED) is 0.863. The number of nitrogens with zero attached hydrogens (tertiary/aromatic N) is 1. The maximum absolute atomic E-state index is 11.4. The summed E-state index contributed by atoms with van der Waals surface area (Å²) in [5.74, 6) is -0.366. The molecule has 1 aromatic carbocycles. The van der Waals surface area contributed by atoms with Crippen LogP contribution in [0.25, 0.3) is 0 Å². The maximum atomic E-state index is 11.4. The molecule has 0 radical (unpaired) electrons. The molecule has 0 saturated carbocycles. The first-order valence-corrected chi connectivity index (χ1v) is 7.63. The van der Waals surface area contributed by atoms with Crippen LogP contribution in [0.3, 0.4) is 0 Å². The van der Waals surface area contributed by atoms with E-state index in [1.165, 1.54) is 5.56 Å². The van der Waals surface area contributed by atoms with Crippen LogP contribution in [0, 0.1) is 5.92 Å². The summed E-state index contributed by atoms with van der Waals surface area (Å²) in [6.07, 6.45) is 0.673. The maximum Gasteiger partial charge on any atom is 0.320 e. The van der Waals surface area contributed by atoms with Crippen molar-refractivity contribution in [3.8, 4) is 0 Å². The van der Waals surface area contributed by atoms with E-state index in [2.05, 4.69) is 58.9 Å². The van der Waals surface area contributed by atoms with Crippen molar-refractivity contribution in [2.75, 3.05) is 7.05 Å². The zero-order chi connectivity index (χ0) is 16.2. The van der Waals surface area contributed by atoms with E-state index in [0.717, 1.165) is 5.56 Å². The monoisotopic (exact) mass is 291 g/mol. The molecule has 1 N–H and O–H groups in total. The van der Waals surface area contributed by atoms with Crippen molar-refractivity contribution < 1.29 is 9.90 Å². The normalized spacial score (nSPS) is 13.7. The summed E-state index contributed by atoms with van der Waals surface area (Å²) in [6, 6.07) is 8.06. The van der Waals surface area contributed by atoms with Gasteiger partial charge in [0.25, 0.3) is 0 Å². The first-order chi connectivity index (χ1) is 9.61. The van der Waals surface area contributed by atoms with E-state index in [9.17, 15) is 9.90 Å². The molecule has 0 unspecified atom stereocenters. The Labute approximate surface area is 129 Å². The number of hydrogen-bond donors (Lipinski definition) is 1. The Hall–Kier alpha value is -1.35. The van der Waals surface area contributed by atoms with Crippen molar-refractivity contribution in [2.24, 2.45) is 5.92 Å². The van der Waals surface area contributed by atoms with Gasteiger partial charge in [-0.1, -0.05) is 58.9 Å². The number of rotatable bonds is 6. The second-order valence-corrected chi connectivity index (χ2v) is 7.35. The SMILES string of the molecule is CC(C)C[C@@H](C(=O)O)N(C)Cc1ccc(C(C)(C)C)cc1. The lowest BCUT2D eigenvalue weighted by molar-refractivity contribution is -0.143. The molecule has 0 heterocycles. The zero-order valence-corrected chi connectivity index (χ0v) is 14.2. The molecule has 0 aliphatic rings. The Morgan fingerprint density at radius 1 is 1.19 bits per heavy atom. The summed E-state index contributed by atoms with van der Waals surface area (Å²) in [6.45, 7) is 11.4. The Bertz CT molecular complexity index is 457. The predicted octanol–water partition coefficient (Wildman–Crippen LogP) is 3.92. The van der Waals surface area contributed by atoms with Crippen LogP contribution in [0.2, 0.25) is 0 Å². The average Bonchev–Trinajstić information content (AvgIpc) is 2.34. The minimum Gasteiger partial charge on any atom is -0.480 e. The highest BCUT2D eigenvalue weighted by Gasteiger charge is 2.23. The fraction of sp³-hybridized carbons (Fsp3) is 0.611. The van der Waals surface area contributed by atoms with E-state index < -0.39 is 12.0 Å². The molecule has 0 spiro atoms. The van der Waals surface area contributed by atoms with E-state index in [4.69, 9.17) is 0 Å². The van der Waals surface area contributed by atoms with Crippen molar-refractivity contribution in [1.82, 2.24) is 4.90 Å². The third-order valence-electron chi connectivity index (χ3n) is 3.76. The van der Waals surface area contributed by atoms with Crippen LogP contribution in [0.4, 0.5) is 0 Å². The van der Waals surface area contributed by atoms with E-state index in [0.29, 0.717) is 18.9 Å². The van der Waals surface area contributed by atoms with Gasteiger partial charge in [0, 0.05) is 6.54 Å². The van der Waals surface area contributed by atoms with Gasteiger partial charge < -0.3 is 5.11 Å². The molecule has 118 valence electrons. The van der Waals surface area contributed by atoms with Gasteiger partial charge in [0.1, 0.15) is 6.04 Å².